The molecule has 0 aromatic heterocycles. The van der Waals surface area contributed by atoms with Gasteiger partial charge in [0.15, 0.2) is 5.96 Å². The van der Waals surface area contributed by atoms with Crippen LogP contribution in [0.2, 0.25) is 0 Å². The number of aliphatic imine (C=N–C) groups is 1. The van der Waals surface area contributed by atoms with Crippen molar-refractivity contribution >= 4 is 5.96 Å². The number of likely N-dealkylation sites (tertiary alicyclic amines) is 1. The van der Waals surface area contributed by atoms with Crippen LogP contribution in [-0.2, 0) is 19.7 Å². The largest absolute Gasteiger partial charge is 0.392 e. The summed E-state index contributed by atoms with van der Waals surface area (Å²) in [6.45, 7) is 8.91. The van der Waals surface area contributed by atoms with Gasteiger partial charge < -0.3 is 15.7 Å². The average molecular weight is 395 g/mol. The van der Waals surface area contributed by atoms with Crippen molar-refractivity contribution in [2.45, 2.75) is 52.4 Å². The van der Waals surface area contributed by atoms with Crippen LogP contribution in [0.3, 0.4) is 0 Å². The molecular formula is C24H34N4O. The molecular weight excluding hydrogens is 360 g/mol. The fourth-order valence-corrected chi connectivity index (χ4v) is 3.85. The molecule has 0 saturated carbocycles. The number of hydrogen-bond acceptors (Lipinski definition) is 3. The topological polar surface area (TPSA) is 59.9 Å². The third kappa shape index (κ3) is 6.58. The van der Waals surface area contributed by atoms with Crippen LogP contribution in [0.15, 0.2) is 53.5 Å². The van der Waals surface area contributed by atoms with E-state index in [0.29, 0.717) is 12.6 Å². The van der Waals surface area contributed by atoms with E-state index in [1.165, 1.54) is 11.1 Å². The van der Waals surface area contributed by atoms with Gasteiger partial charge in [-0.2, -0.15) is 0 Å². The molecule has 3 rings (SSSR count). The van der Waals surface area contributed by atoms with Crippen molar-refractivity contribution in [2.24, 2.45) is 4.99 Å². The lowest BCUT2D eigenvalue weighted by Gasteiger charge is -2.33. The number of aliphatic hydroxyl groups is 1. The molecule has 156 valence electrons. The van der Waals surface area contributed by atoms with E-state index in [1.807, 2.05) is 24.3 Å². The van der Waals surface area contributed by atoms with Crippen molar-refractivity contribution in [3.8, 4) is 0 Å². The van der Waals surface area contributed by atoms with Crippen molar-refractivity contribution in [3.05, 3.63) is 70.8 Å². The van der Waals surface area contributed by atoms with E-state index in [9.17, 15) is 5.11 Å². The lowest BCUT2D eigenvalue weighted by molar-refractivity contribution is 0.198. The number of aliphatic hydroxyl groups excluding tert-OH is 1. The van der Waals surface area contributed by atoms with Crippen molar-refractivity contribution in [2.75, 3.05) is 19.6 Å². The second-order valence-electron chi connectivity index (χ2n) is 7.81. The normalized spacial score (nSPS) is 16.0. The van der Waals surface area contributed by atoms with Gasteiger partial charge in [-0.1, -0.05) is 54.1 Å². The minimum absolute atomic E-state index is 0.0507. The number of aryl methyl sites for hydroxylation is 1. The minimum atomic E-state index is 0.0507. The molecule has 29 heavy (non-hydrogen) atoms. The van der Waals surface area contributed by atoms with Gasteiger partial charge in [0.1, 0.15) is 0 Å². The second-order valence-corrected chi connectivity index (χ2v) is 7.81. The molecule has 2 aromatic rings. The number of nitrogens with one attached hydrogen (secondary N) is 2. The Morgan fingerprint density at radius 2 is 1.86 bits per heavy atom. The fraction of sp³-hybridized carbons (Fsp3) is 0.458. The predicted molar refractivity (Wildman–Crippen MR) is 120 cm³/mol. The third-order valence-electron chi connectivity index (χ3n) is 5.46. The van der Waals surface area contributed by atoms with Crippen molar-refractivity contribution in [3.63, 3.8) is 0 Å². The summed E-state index contributed by atoms with van der Waals surface area (Å²) >= 11 is 0. The lowest BCUT2D eigenvalue weighted by atomic mass is 10.0. The Morgan fingerprint density at radius 3 is 2.55 bits per heavy atom. The van der Waals surface area contributed by atoms with Crippen LogP contribution in [0.1, 0.15) is 42.0 Å². The summed E-state index contributed by atoms with van der Waals surface area (Å²) in [6.07, 6.45) is 2.23. The average Bonchev–Trinajstić information content (AvgIpc) is 2.74. The molecule has 0 atom stereocenters. The van der Waals surface area contributed by atoms with Crippen LogP contribution in [0.4, 0.5) is 0 Å². The van der Waals surface area contributed by atoms with E-state index in [-0.39, 0.29) is 6.61 Å². The molecule has 1 aliphatic heterocycles. The SMILES string of the molecule is CCNC(=NCc1ccccc1CO)NC1CCN(Cc2cccc(C)c2)CC1. The van der Waals surface area contributed by atoms with Gasteiger partial charge in [-0.25, -0.2) is 4.99 Å². The summed E-state index contributed by atoms with van der Waals surface area (Å²) in [4.78, 5) is 7.29. The quantitative estimate of drug-likeness (QED) is 0.499. The van der Waals surface area contributed by atoms with Gasteiger partial charge in [0.25, 0.3) is 0 Å². The zero-order chi connectivity index (χ0) is 20.5. The van der Waals surface area contributed by atoms with Gasteiger partial charge in [-0.15, -0.1) is 0 Å². The van der Waals surface area contributed by atoms with Gasteiger partial charge in [-0.05, 0) is 43.4 Å². The molecule has 3 N–H and O–H groups in total. The van der Waals surface area contributed by atoms with Gasteiger partial charge in [0, 0.05) is 32.2 Å². The Bertz CT molecular complexity index is 797. The van der Waals surface area contributed by atoms with Crippen molar-refractivity contribution < 1.29 is 5.11 Å². The number of guanidine groups is 1. The first-order valence-corrected chi connectivity index (χ1v) is 10.7. The third-order valence-corrected chi connectivity index (χ3v) is 5.46. The standard InChI is InChI=1S/C24H34N4O/c1-3-25-24(26-16-21-9-4-5-10-22(21)18-29)27-23-11-13-28(14-12-23)17-20-8-6-7-19(2)15-20/h4-10,15,23,29H,3,11-14,16-18H2,1-2H3,(H2,25,26,27). The maximum Gasteiger partial charge on any atom is 0.191 e. The highest BCUT2D eigenvalue weighted by Crippen LogP contribution is 2.15. The van der Waals surface area contributed by atoms with Crippen molar-refractivity contribution in [1.29, 1.82) is 0 Å². The monoisotopic (exact) mass is 394 g/mol. The number of rotatable bonds is 7. The van der Waals surface area contributed by atoms with Crippen LogP contribution >= 0.6 is 0 Å². The van der Waals surface area contributed by atoms with Crippen molar-refractivity contribution in [1.82, 2.24) is 15.5 Å². The number of hydrogen-bond donors (Lipinski definition) is 3. The van der Waals surface area contributed by atoms with Crippen LogP contribution in [-0.4, -0.2) is 41.6 Å². The van der Waals surface area contributed by atoms with E-state index in [1.54, 1.807) is 0 Å². The number of benzene rings is 2. The van der Waals surface area contributed by atoms with E-state index in [2.05, 4.69) is 53.6 Å². The minimum Gasteiger partial charge on any atom is -0.392 e. The van der Waals surface area contributed by atoms with Crippen LogP contribution in [0, 0.1) is 6.92 Å². The first kappa shape index (κ1) is 21.3. The maximum absolute atomic E-state index is 9.51. The summed E-state index contributed by atoms with van der Waals surface area (Å²) in [5.41, 5.74) is 4.74. The van der Waals surface area contributed by atoms with Crippen LogP contribution in [0.5, 0.6) is 0 Å². The molecule has 0 amide bonds. The summed E-state index contributed by atoms with van der Waals surface area (Å²) in [6, 6.07) is 17.2. The highest BCUT2D eigenvalue weighted by Gasteiger charge is 2.20. The zero-order valence-electron chi connectivity index (χ0n) is 17.7. The number of nitrogens with zero attached hydrogens (tertiary/aromatic N) is 2. The molecule has 1 fully saturated rings. The molecule has 5 nitrogen and oxygen atoms in total. The zero-order valence-corrected chi connectivity index (χ0v) is 17.7. The van der Waals surface area contributed by atoms with Gasteiger partial charge in [-0.3, -0.25) is 4.90 Å². The van der Waals surface area contributed by atoms with E-state index in [4.69, 9.17) is 4.99 Å². The molecule has 2 aromatic carbocycles. The van der Waals surface area contributed by atoms with E-state index in [0.717, 1.165) is 56.1 Å². The Kier molecular flexibility index (Phi) is 8.08. The highest BCUT2D eigenvalue weighted by molar-refractivity contribution is 5.80. The summed E-state index contributed by atoms with van der Waals surface area (Å²) in [5, 5.41) is 16.5. The number of piperidine rings is 1. The predicted octanol–water partition coefficient (Wildman–Crippen LogP) is 3.21. The molecule has 5 heteroatoms. The van der Waals surface area contributed by atoms with E-state index >= 15 is 0 Å². The van der Waals surface area contributed by atoms with Gasteiger partial charge >= 0.3 is 0 Å². The molecule has 0 aliphatic carbocycles. The molecule has 1 saturated heterocycles. The molecule has 1 aliphatic rings. The maximum atomic E-state index is 9.51. The van der Waals surface area contributed by atoms with Crippen LogP contribution in [0.25, 0.3) is 0 Å². The lowest BCUT2D eigenvalue weighted by Crippen LogP contribution is -2.48. The first-order chi connectivity index (χ1) is 14.2. The summed E-state index contributed by atoms with van der Waals surface area (Å²) < 4.78 is 0. The second kappa shape index (κ2) is 11.0. The summed E-state index contributed by atoms with van der Waals surface area (Å²) in [5.74, 6) is 0.859. The molecule has 0 unspecified atom stereocenters. The van der Waals surface area contributed by atoms with Gasteiger partial charge in [0.05, 0.1) is 13.2 Å². The molecule has 0 bridgehead atoms. The summed E-state index contributed by atoms with van der Waals surface area (Å²) in [7, 11) is 0. The Labute approximate surface area is 174 Å². The Hall–Kier alpha value is -2.37. The smallest absolute Gasteiger partial charge is 0.191 e. The molecule has 0 spiro atoms. The first-order valence-electron chi connectivity index (χ1n) is 10.7. The fourth-order valence-electron chi connectivity index (χ4n) is 3.85. The highest BCUT2D eigenvalue weighted by atomic mass is 16.3. The Balaban J connectivity index is 1.52. The molecule has 1 heterocycles. The van der Waals surface area contributed by atoms with E-state index < -0.39 is 0 Å². The molecule has 0 radical (unpaired) electrons. The van der Waals surface area contributed by atoms with Gasteiger partial charge in [0.2, 0.25) is 0 Å². The Morgan fingerprint density at radius 1 is 1.10 bits per heavy atom. The van der Waals surface area contributed by atoms with Crippen LogP contribution < -0.4 is 10.6 Å².